The molecule has 148 valence electrons. The van der Waals surface area contributed by atoms with Crippen LogP contribution in [-0.4, -0.2) is 51.7 Å². The van der Waals surface area contributed by atoms with Gasteiger partial charge >= 0.3 is 0 Å². The molecule has 1 aromatic heterocycles. The van der Waals surface area contributed by atoms with Crippen LogP contribution >= 0.6 is 27.5 Å². The molecule has 6 nitrogen and oxygen atoms in total. The summed E-state index contributed by atoms with van der Waals surface area (Å²) in [6, 6.07) is 14.0. The summed E-state index contributed by atoms with van der Waals surface area (Å²) >= 11 is 10.1. The second-order valence-electron chi connectivity index (χ2n) is 7.06. The van der Waals surface area contributed by atoms with E-state index in [1.54, 1.807) is 0 Å². The van der Waals surface area contributed by atoms with Gasteiger partial charge in [-0.1, -0.05) is 45.7 Å². The average molecular weight is 473 g/mol. The third-order valence-corrected chi connectivity index (χ3v) is 6.05. The van der Waals surface area contributed by atoms with Gasteiger partial charge in [0, 0.05) is 33.7 Å². The molecule has 3 heterocycles. The van der Waals surface area contributed by atoms with Crippen LogP contribution < -0.4 is 0 Å². The minimum atomic E-state index is 0.447. The first kappa shape index (κ1) is 18.9. The molecular formula is C21H19BrClN5O. The van der Waals surface area contributed by atoms with Gasteiger partial charge in [-0.2, -0.15) is 0 Å². The number of hydrogen-bond donors (Lipinski definition) is 0. The first-order valence-corrected chi connectivity index (χ1v) is 10.7. The Balaban J connectivity index is 1.62. The molecule has 0 unspecified atom stereocenters. The molecular weight excluding hydrogens is 454 g/mol. The number of nitrogens with zero attached hydrogens (tertiary/aromatic N) is 5. The maximum Gasteiger partial charge on any atom is 0.159 e. The second kappa shape index (κ2) is 7.99. The summed E-state index contributed by atoms with van der Waals surface area (Å²) in [7, 11) is 0. The van der Waals surface area contributed by atoms with Gasteiger partial charge in [0.05, 0.1) is 31.2 Å². The zero-order valence-corrected chi connectivity index (χ0v) is 18.0. The summed E-state index contributed by atoms with van der Waals surface area (Å²) in [5.74, 6) is 1.75. The van der Waals surface area contributed by atoms with Crippen LogP contribution in [0.5, 0.6) is 0 Å². The summed E-state index contributed by atoms with van der Waals surface area (Å²) < 4.78 is 8.61. The fourth-order valence-electron chi connectivity index (χ4n) is 3.81. The molecule has 0 atom stereocenters. The van der Waals surface area contributed by atoms with Crippen LogP contribution in [0.15, 0.2) is 51.9 Å². The predicted octanol–water partition coefficient (Wildman–Crippen LogP) is 3.87. The van der Waals surface area contributed by atoms with E-state index in [4.69, 9.17) is 21.3 Å². The molecule has 5 rings (SSSR count). The monoisotopic (exact) mass is 471 g/mol. The van der Waals surface area contributed by atoms with Gasteiger partial charge in [0.15, 0.2) is 11.6 Å². The van der Waals surface area contributed by atoms with Crippen LogP contribution in [0.25, 0.3) is 5.69 Å². The van der Waals surface area contributed by atoms with Crippen LogP contribution in [0.1, 0.15) is 22.8 Å². The van der Waals surface area contributed by atoms with Gasteiger partial charge in [0.2, 0.25) is 0 Å². The molecule has 29 heavy (non-hydrogen) atoms. The summed E-state index contributed by atoms with van der Waals surface area (Å²) in [5, 5.41) is 9.63. The van der Waals surface area contributed by atoms with E-state index < -0.39 is 0 Å². The molecule has 8 heteroatoms. The maximum absolute atomic E-state index is 6.52. The van der Waals surface area contributed by atoms with Crippen LogP contribution in [0.4, 0.5) is 0 Å². The molecule has 0 radical (unpaired) electrons. The maximum atomic E-state index is 6.52. The quantitative estimate of drug-likeness (QED) is 0.581. The van der Waals surface area contributed by atoms with E-state index >= 15 is 0 Å². The summed E-state index contributed by atoms with van der Waals surface area (Å²) in [6.07, 6.45) is 0. The summed E-state index contributed by atoms with van der Waals surface area (Å²) in [6.45, 7) is 4.48. The minimum Gasteiger partial charge on any atom is -0.379 e. The molecule has 2 aliphatic rings. The molecule has 1 fully saturated rings. The third-order valence-electron chi connectivity index (χ3n) is 5.23. The molecule has 3 aromatic rings. The Labute approximate surface area is 182 Å². The van der Waals surface area contributed by atoms with Gasteiger partial charge in [-0.15, -0.1) is 10.2 Å². The topological polar surface area (TPSA) is 55.5 Å². The summed E-state index contributed by atoms with van der Waals surface area (Å²) in [4.78, 5) is 7.24. The van der Waals surface area contributed by atoms with Crippen molar-refractivity contribution in [1.82, 2.24) is 19.7 Å². The van der Waals surface area contributed by atoms with Gasteiger partial charge in [-0.05, 0) is 24.3 Å². The zero-order valence-electron chi connectivity index (χ0n) is 15.7. The van der Waals surface area contributed by atoms with Gasteiger partial charge in [-0.3, -0.25) is 14.5 Å². The number of hydrogen-bond acceptors (Lipinski definition) is 5. The van der Waals surface area contributed by atoms with Gasteiger partial charge in [0.25, 0.3) is 0 Å². The molecule has 0 bridgehead atoms. The van der Waals surface area contributed by atoms with Crippen LogP contribution in [-0.2, 0) is 17.8 Å². The van der Waals surface area contributed by atoms with Crippen molar-refractivity contribution in [3.8, 4) is 5.69 Å². The Bertz CT molecular complexity index is 1090. The van der Waals surface area contributed by atoms with Crippen molar-refractivity contribution in [2.75, 3.05) is 26.3 Å². The van der Waals surface area contributed by atoms with Gasteiger partial charge in [-0.25, -0.2) is 0 Å². The molecule has 0 amide bonds. The second-order valence-corrected chi connectivity index (χ2v) is 8.39. The van der Waals surface area contributed by atoms with Gasteiger partial charge < -0.3 is 4.74 Å². The Morgan fingerprint density at radius 3 is 2.69 bits per heavy atom. The normalized spacial score (nSPS) is 16.7. The molecule has 0 aliphatic carbocycles. The third kappa shape index (κ3) is 3.64. The van der Waals surface area contributed by atoms with Crippen LogP contribution in [0, 0.1) is 0 Å². The lowest BCUT2D eigenvalue weighted by Gasteiger charge is -2.26. The lowest BCUT2D eigenvalue weighted by atomic mass is 10.0. The smallest absolute Gasteiger partial charge is 0.159 e. The predicted molar refractivity (Wildman–Crippen MR) is 116 cm³/mol. The molecule has 1 saturated heterocycles. The number of aromatic nitrogens is 3. The van der Waals surface area contributed by atoms with Crippen LogP contribution in [0.3, 0.4) is 0 Å². The SMILES string of the molecule is Clc1ccccc1C1=NCc2nnc(CN3CCOCC3)n2-c2ccc(Br)cc21. The molecule has 2 aromatic carbocycles. The highest BCUT2D eigenvalue weighted by Gasteiger charge is 2.25. The number of ether oxygens (including phenoxy) is 1. The average Bonchev–Trinajstić information content (AvgIpc) is 3.05. The molecule has 0 saturated carbocycles. The van der Waals surface area contributed by atoms with E-state index in [-0.39, 0.29) is 0 Å². The van der Waals surface area contributed by atoms with Crippen LogP contribution in [0.2, 0.25) is 5.02 Å². The Morgan fingerprint density at radius 1 is 1.03 bits per heavy atom. The largest absolute Gasteiger partial charge is 0.379 e. The van der Waals surface area contributed by atoms with Crippen molar-refractivity contribution in [1.29, 1.82) is 0 Å². The number of morpholine rings is 1. The van der Waals surface area contributed by atoms with Crippen molar-refractivity contribution in [3.05, 3.63) is 74.7 Å². The zero-order chi connectivity index (χ0) is 19.8. The Morgan fingerprint density at radius 2 is 1.86 bits per heavy atom. The van der Waals surface area contributed by atoms with Gasteiger partial charge in [0.1, 0.15) is 6.54 Å². The molecule has 2 aliphatic heterocycles. The van der Waals surface area contributed by atoms with E-state index in [0.717, 1.165) is 71.5 Å². The number of fused-ring (bicyclic) bond motifs is 3. The first-order valence-electron chi connectivity index (χ1n) is 9.53. The van der Waals surface area contributed by atoms with Crippen molar-refractivity contribution in [2.24, 2.45) is 4.99 Å². The first-order chi connectivity index (χ1) is 14.2. The molecule has 0 spiro atoms. The minimum absolute atomic E-state index is 0.447. The Kier molecular flexibility index (Phi) is 5.22. The lowest BCUT2D eigenvalue weighted by molar-refractivity contribution is 0.0328. The van der Waals surface area contributed by atoms with E-state index in [9.17, 15) is 0 Å². The fraction of sp³-hybridized carbons (Fsp3) is 0.286. The van der Waals surface area contributed by atoms with E-state index in [1.807, 2.05) is 30.3 Å². The van der Waals surface area contributed by atoms with Crippen molar-refractivity contribution < 1.29 is 4.74 Å². The highest BCUT2D eigenvalue weighted by Crippen LogP contribution is 2.30. The van der Waals surface area contributed by atoms with E-state index in [2.05, 4.69) is 47.7 Å². The van der Waals surface area contributed by atoms with Crippen molar-refractivity contribution >= 4 is 33.2 Å². The summed E-state index contributed by atoms with van der Waals surface area (Å²) in [5.41, 5.74) is 3.82. The molecule has 0 N–H and O–H groups in total. The lowest BCUT2D eigenvalue weighted by Crippen LogP contribution is -2.36. The fourth-order valence-corrected chi connectivity index (χ4v) is 4.39. The number of rotatable bonds is 3. The Hall–Kier alpha value is -2.06. The van der Waals surface area contributed by atoms with E-state index in [1.165, 1.54) is 0 Å². The number of benzene rings is 2. The number of halogens is 2. The standard InChI is InChI=1S/C21H19BrClN5O/c22-14-5-6-18-16(11-14)21(15-3-1-2-4-17(15)23)24-12-19-25-26-20(28(18)19)13-27-7-9-29-10-8-27/h1-6,11H,7-10,12-13H2. The van der Waals surface area contributed by atoms with E-state index in [0.29, 0.717) is 11.6 Å². The number of aliphatic imine (C=N–C) groups is 1. The van der Waals surface area contributed by atoms with Crippen molar-refractivity contribution in [2.45, 2.75) is 13.1 Å². The highest BCUT2D eigenvalue weighted by atomic mass is 79.9. The van der Waals surface area contributed by atoms with Crippen molar-refractivity contribution in [3.63, 3.8) is 0 Å². The highest BCUT2D eigenvalue weighted by molar-refractivity contribution is 9.10.